The molecule has 1 amide bonds. The molecule has 2 N–H and O–H groups in total. The van der Waals surface area contributed by atoms with Crippen LogP contribution in [0.4, 0.5) is 10.1 Å². The topological polar surface area (TPSA) is 74.7 Å². The van der Waals surface area contributed by atoms with Gasteiger partial charge in [0, 0.05) is 56.7 Å². The number of halogens is 1. The molecule has 2 atom stereocenters. The smallest absolute Gasteiger partial charge is 0.226 e. The van der Waals surface area contributed by atoms with Crippen molar-refractivity contribution in [3.63, 3.8) is 0 Å². The summed E-state index contributed by atoms with van der Waals surface area (Å²) in [4.78, 5) is 22.0. The zero-order valence-electron chi connectivity index (χ0n) is 23.1. The van der Waals surface area contributed by atoms with Crippen molar-refractivity contribution in [2.45, 2.75) is 45.3 Å². The Morgan fingerprint density at radius 2 is 1.90 bits per heavy atom. The number of aromatic nitrogens is 2. The van der Waals surface area contributed by atoms with Gasteiger partial charge in [-0.25, -0.2) is 4.39 Å². The minimum Gasteiger partial charge on any atom is -0.379 e. The fourth-order valence-corrected chi connectivity index (χ4v) is 6.06. The van der Waals surface area contributed by atoms with Gasteiger partial charge in [0.05, 0.1) is 36.7 Å². The van der Waals surface area contributed by atoms with E-state index >= 15 is 0 Å². The molecule has 0 spiro atoms. The minimum absolute atomic E-state index is 0.136. The molecule has 0 bridgehead atoms. The second-order valence-corrected chi connectivity index (χ2v) is 10.8. The van der Waals surface area contributed by atoms with Crippen LogP contribution in [0.25, 0.3) is 0 Å². The Morgan fingerprint density at radius 1 is 1.12 bits per heavy atom. The predicted molar refractivity (Wildman–Crippen MR) is 158 cm³/mol. The number of morpholine rings is 1. The van der Waals surface area contributed by atoms with Crippen LogP contribution in [0.5, 0.6) is 0 Å². The quantitative estimate of drug-likeness (QED) is 0.355. The second kappa shape index (κ2) is 12.9. The lowest BCUT2D eigenvalue weighted by molar-refractivity contribution is -0.116. The summed E-state index contributed by atoms with van der Waals surface area (Å²) < 4.78 is 21.9. The number of aryl methyl sites for hydroxylation is 1. The Morgan fingerprint density at radius 3 is 2.65 bits per heavy atom. The molecule has 5 rings (SSSR count). The second-order valence-electron chi connectivity index (χ2n) is 10.4. The Bertz CT molecular complexity index is 1330. The fourth-order valence-electron chi connectivity index (χ4n) is 5.73. The van der Waals surface area contributed by atoms with Crippen LogP contribution in [0.2, 0.25) is 0 Å². The van der Waals surface area contributed by atoms with E-state index in [1.54, 1.807) is 24.4 Å². The van der Waals surface area contributed by atoms with Crippen molar-refractivity contribution in [3.05, 3.63) is 83.2 Å². The first kappa shape index (κ1) is 28.2. The van der Waals surface area contributed by atoms with Crippen molar-refractivity contribution in [2.75, 3.05) is 44.7 Å². The van der Waals surface area contributed by atoms with E-state index in [0.29, 0.717) is 11.7 Å². The summed E-state index contributed by atoms with van der Waals surface area (Å²) in [5.41, 5.74) is 4.63. The molecule has 0 unspecified atom stereocenters. The summed E-state index contributed by atoms with van der Waals surface area (Å²) >= 11 is 5.80. The van der Waals surface area contributed by atoms with E-state index in [-0.39, 0.29) is 30.1 Å². The number of benzene rings is 1. The third-order valence-corrected chi connectivity index (χ3v) is 8.17. The summed E-state index contributed by atoms with van der Waals surface area (Å²) in [5, 5.41) is 6.74. The highest BCUT2D eigenvalue weighted by molar-refractivity contribution is 7.80. The minimum atomic E-state index is -0.455. The van der Waals surface area contributed by atoms with E-state index in [0.717, 1.165) is 51.5 Å². The lowest BCUT2D eigenvalue weighted by Crippen LogP contribution is -2.37. The molecule has 2 aromatic heterocycles. The molecule has 8 nitrogen and oxygen atoms in total. The highest BCUT2D eigenvalue weighted by Gasteiger charge is 2.41. The molecule has 2 fully saturated rings. The average Bonchev–Trinajstić information content (AvgIpc) is 3.44. The molecule has 0 saturated carbocycles. The summed E-state index contributed by atoms with van der Waals surface area (Å²) in [6, 6.07) is 14.0. The van der Waals surface area contributed by atoms with Crippen molar-refractivity contribution in [1.29, 1.82) is 0 Å². The lowest BCUT2D eigenvalue weighted by Gasteiger charge is -2.28. The van der Waals surface area contributed by atoms with Gasteiger partial charge in [-0.15, -0.1) is 0 Å². The zero-order chi connectivity index (χ0) is 28.1. The maximum absolute atomic E-state index is 14.1. The van der Waals surface area contributed by atoms with E-state index < -0.39 is 5.82 Å². The molecule has 3 aromatic rings. The molecule has 0 aliphatic carbocycles. The Hall–Kier alpha value is -3.34. The van der Waals surface area contributed by atoms with Gasteiger partial charge in [0.1, 0.15) is 5.82 Å². The molecular weight excluding hydrogens is 527 g/mol. The van der Waals surface area contributed by atoms with Crippen LogP contribution in [0.15, 0.2) is 54.7 Å². The van der Waals surface area contributed by atoms with Crippen molar-refractivity contribution in [1.82, 2.24) is 24.7 Å². The number of rotatable bonds is 10. The maximum atomic E-state index is 14.1. The first-order chi connectivity index (χ1) is 19.4. The molecule has 2 aliphatic heterocycles. The van der Waals surface area contributed by atoms with Crippen LogP contribution < -0.4 is 10.6 Å². The van der Waals surface area contributed by atoms with Crippen LogP contribution in [0, 0.1) is 19.7 Å². The van der Waals surface area contributed by atoms with Gasteiger partial charge in [-0.3, -0.25) is 14.7 Å². The predicted octanol–water partition coefficient (Wildman–Crippen LogP) is 4.36. The molecule has 2 aliphatic rings. The maximum Gasteiger partial charge on any atom is 0.226 e. The number of nitrogens with one attached hydrogen (secondary N) is 2. The number of hydrogen-bond acceptors (Lipinski definition) is 5. The van der Waals surface area contributed by atoms with Crippen LogP contribution in [-0.4, -0.2) is 69.8 Å². The Labute approximate surface area is 240 Å². The number of para-hydroxylation sites is 1. The Balaban J connectivity index is 1.35. The normalized spacial score (nSPS) is 19.6. The standard InChI is InChI=1S/C30H37FN6O2S/c1-21-20-23(22(2)36(21)14-7-13-35-16-18-39-19-17-35)29-28(26-10-5-6-12-32-26)34-30(40)37(29)15-11-27(38)33-25-9-4-3-8-24(25)31/h3-6,8-10,12,20,28-29H,7,11,13-19H2,1-2H3,(H,33,38)(H,34,40)/t28-,29+/m1/s1. The molecule has 4 heterocycles. The average molecular weight is 565 g/mol. The summed E-state index contributed by atoms with van der Waals surface area (Å²) in [7, 11) is 0. The SMILES string of the molecule is Cc1cc([C@H]2[C@@H](c3ccccn3)NC(=S)N2CCC(=O)Nc2ccccc2F)c(C)n1CCCN1CCOCC1. The third kappa shape index (κ3) is 6.35. The van der Waals surface area contributed by atoms with Crippen molar-refractivity contribution >= 4 is 28.9 Å². The molecule has 40 heavy (non-hydrogen) atoms. The highest BCUT2D eigenvalue weighted by Crippen LogP contribution is 2.41. The van der Waals surface area contributed by atoms with Gasteiger partial charge in [-0.1, -0.05) is 18.2 Å². The van der Waals surface area contributed by atoms with E-state index in [9.17, 15) is 9.18 Å². The van der Waals surface area contributed by atoms with Crippen LogP contribution in [-0.2, 0) is 16.1 Å². The summed E-state index contributed by atoms with van der Waals surface area (Å²) in [6.45, 7) is 10.3. The van der Waals surface area contributed by atoms with Crippen molar-refractivity contribution in [3.8, 4) is 0 Å². The van der Waals surface area contributed by atoms with Crippen LogP contribution in [0.3, 0.4) is 0 Å². The number of carbonyl (C=O) groups excluding carboxylic acids is 1. The van der Waals surface area contributed by atoms with Crippen LogP contribution in [0.1, 0.15) is 47.6 Å². The number of amides is 1. The fraction of sp³-hybridized carbons (Fsp3) is 0.433. The largest absolute Gasteiger partial charge is 0.379 e. The summed E-state index contributed by atoms with van der Waals surface area (Å²) in [5.74, 6) is -0.718. The zero-order valence-corrected chi connectivity index (χ0v) is 23.9. The van der Waals surface area contributed by atoms with E-state index in [1.807, 2.05) is 18.2 Å². The van der Waals surface area contributed by atoms with Gasteiger partial charge in [0.15, 0.2) is 5.11 Å². The van der Waals surface area contributed by atoms with Gasteiger partial charge >= 0.3 is 0 Å². The number of ether oxygens (including phenoxy) is 1. The third-order valence-electron chi connectivity index (χ3n) is 7.82. The number of thiocarbonyl (C=S) groups is 1. The molecule has 2 saturated heterocycles. The van der Waals surface area contributed by atoms with Crippen molar-refractivity contribution < 1.29 is 13.9 Å². The number of nitrogens with zero attached hydrogens (tertiary/aromatic N) is 4. The molecule has 10 heteroatoms. The van der Waals surface area contributed by atoms with E-state index in [2.05, 4.69) is 49.9 Å². The van der Waals surface area contributed by atoms with Crippen molar-refractivity contribution in [2.24, 2.45) is 0 Å². The van der Waals surface area contributed by atoms with Gasteiger partial charge in [0.2, 0.25) is 5.91 Å². The number of hydrogen-bond donors (Lipinski definition) is 2. The van der Waals surface area contributed by atoms with Gasteiger partial charge < -0.3 is 24.8 Å². The van der Waals surface area contributed by atoms with E-state index in [1.165, 1.54) is 23.0 Å². The first-order valence-electron chi connectivity index (χ1n) is 13.9. The van der Waals surface area contributed by atoms with Gasteiger partial charge in [0.25, 0.3) is 0 Å². The first-order valence-corrected chi connectivity index (χ1v) is 14.3. The summed E-state index contributed by atoms with van der Waals surface area (Å²) in [6.07, 6.45) is 3.01. The monoisotopic (exact) mass is 564 g/mol. The molecule has 212 valence electrons. The highest BCUT2D eigenvalue weighted by atomic mass is 32.1. The molecule has 0 radical (unpaired) electrons. The lowest BCUT2D eigenvalue weighted by atomic mass is 9.96. The number of pyridine rings is 1. The van der Waals surface area contributed by atoms with Crippen LogP contribution >= 0.6 is 12.2 Å². The van der Waals surface area contributed by atoms with Gasteiger partial charge in [-0.05, 0) is 68.4 Å². The molecular formula is C30H37FN6O2S. The number of carbonyl (C=O) groups is 1. The Kier molecular flexibility index (Phi) is 9.08. The van der Waals surface area contributed by atoms with E-state index in [4.69, 9.17) is 17.0 Å². The van der Waals surface area contributed by atoms with Gasteiger partial charge in [-0.2, -0.15) is 0 Å². The molecule has 1 aromatic carbocycles. The number of anilines is 1.